The molecule has 88 valence electrons. The molecule has 0 spiro atoms. The summed E-state index contributed by atoms with van der Waals surface area (Å²) in [6.45, 7) is 0.692. The van der Waals surface area contributed by atoms with Gasteiger partial charge in [0.15, 0.2) is 0 Å². The van der Waals surface area contributed by atoms with E-state index in [0.29, 0.717) is 6.54 Å². The smallest absolute Gasteiger partial charge is 0.0317 e. The summed E-state index contributed by atoms with van der Waals surface area (Å²) >= 11 is 5.38. The van der Waals surface area contributed by atoms with Crippen molar-refractivity contribution in [3.8, 4) is 0 Å². The molecule has 2 aromatic rings. The number of benzene rings is 2. The van der Waals surface area contributed by atoms with Crippen molar-refractivity contribution in [1.82, 2.24) is 0 Å². The summed E-state index contributed by atoms with van der Waals surface area (Å²) < 4.78 is 1.14. The number of hydrogen-bond donors (Lipinski definition) is 1. The van der Waals surface area contributed by atoms with E-state index in [4.69, 9.17) is 5.73 Å². The first-order chi connectivity index (χ1) is 8.29. The van der Waals surface area contributed by atoms with E-state index in [1.54, 1.807) is 11.8 Å². The molecule has 2 aromatic carbocycles. The SMILES string of the molecule is NCCc1ccc(Sc2ccccc2)c(Br)c1. The van der Waals surface area contributed by atoms with Gasteiger partial charge in [0.1, 0.15) is 0 Å². The Morgan fingerprint density at radius 3 is 2.47 bits per heavy atom. The molecule has 2 rings (SSSR count). The lowest BCUT2D eigenvalue weighted by Gasteiger charge is -2.06. The Balaban J connectivity index is 2.17. The predicted octanol–water partition coefficient (Wildman–Crippen LogP) is 4.10. The summed E-state index contributed by atoms with van der Waals surface area (Å²) in [5.74, 6) is 0. The Morgan fingerprint density at radius 2 is 1.82 bits per heavy atom. The second-order valence-corrected chi connectivity index (χ2v) is 5.69. The normalized spacial score (nSPS) is 10.5. The average molecular weight is 308 g/mol. The maximum absolute atomic E-state index is 5.55. The molecule has 2 N–H and O–H groups in total. The van der Waals surface area contributed by atoms with Crippen LogP contribution in [0.2, 0.25) is 0 Å². The van der Waals surface area contributed by atoms with Crippen molar-refractivity contribution in [2.45, 2.75) is 16.2 Å². The largest absolute Gasteiger partial charge is 0.330 e. The minimum Gasteiger partial charge on any atom is -0.330 e. The van der Waals surface area contributed by atoms with Gasteiger partial charge in [0.2, 0.25) is 0 Å². The van der Waals surface area contributed by atoms with E-state index < -0.39 is 0 Å². The number of hydrogen-bond acceptors (Lipinski definition) is 2. The van der Waals surface area contributed by atoms with Gasteiger partial charge in [-0.2, -0.15) is 0 Å². The maximum atomic E-state index is 5.55. The lowest BCUT2D eigenvalue weighted by atomic mass is 10.2. The molecule has 3 heteroatoms. The number of nitrogens with two attached hydrogens (primary N) is 1. The predicted molar refractivity (Wildman–Crippen MR) is 77.5 cm³/mol. The number of rotatable bonds is 4. The molecule has 0 atom stereocenters. The zero-order valence-corrected chi connectivity index (χ0v) is 11.8. The first-order valence-electron chi connectivity index (χ1n) is 5.51. The molecule has 0 fully saturated rings. The van der Waals surface area contributed by atoms with Crippen LogP contribution in [-0.2, 0) is 6.42 Å². The zero-order valence-electron chi connectivity index (χ0n) is 9.40. The van der Waals surface area contributed by atoms with Gasteiger partial charge in [-0.3, -0.25) is 0 Å². The van der Waals surface area contributed by atoms with Crippen LogP contribution in [0, 0.1) is 0 Å². The number of halogens is 1. The molecule has 17 heavy (non-hydrogen) atoms. The highest BCUT2D eigenvalue weighted by atomic mass is 79.9. The van der Waals surface area contributed by atoms with Gasteiger partial charge in [-0.25, -0.2) is 0 Å². The lowest BCUT2D eigenvalue weighted by Crippen LogP contribution is -2.02. The van der Waals surface area contributed by atoms with Crippen LogP contribution in [0.5, 0.6) is 0 Å². The first-order valence-corrected chi connectivity index (χ1v) is 7.12. The molecular formula is C14H14BrNS. The van der Waals surface area contributed by atoms with Gasteiger partial charge >= 0.3 is 0 Å². The monoisotopic (exact) mass is 307 g/mol. The fourth-order valence-corrected chi connectivity index (χ4v) is 3.07. The van der Waals surface area contributed by atoms with Gasteiger partial charge in [-0.15, -0.1) is 0 Å². The molecule has 0 unspecified atom stereocenters. The van der Waals surface area contributed by atoms with Crippen molar-refractivity contribution < 1.29 is 0 Å². The molecule has 0 aromatic heterocycles. The van der Waals surface area contributed by atoms with Gasteiger partial charge in [-0.1, -0.05) is 36.0 Å². The Bertz CT molecular complexity index is 485. The standard InChI is InChI=1S/C14H14BrNS/c15-13-10-11(8-9-16)6-7-14(13)17-12-4-2-1-3-5-12/h1-7,10H,8-9,16H2. The highest BCUT2D eigenvalue weighted by molar-refractivity contribution is 9.10. The van der Waals surface area contributed by atoms with Gasteiger partial charge in [-0.05, 0) is 58.7 Å². The Morgan fingerprint density at radius 1 is 1.06 bits per heavy atom. The maximum Gasteiger partial charge on any atom is 0.0317 e. The molecule has 1 nitrogen and oxygen atoms in total. The van der Waals surface area contributed by atoms with Gasteiger partial charge in [0.05, 0.1) is 0 Å². The van der Waals surface area contributed by atoms with Crippen molar-refractivity contribution in [2.75, 3.05) is 6.54 Å². The van der Waals surface area contributed by atoms with E-state index in [2.05, 4.69) is 58.4 Å². The van der Waals surface area contributed by atoms with Crippen LogP contribution in [0.3, 0.4) is 0 Å². The van der Waals surface area contributed by atoms with Crippen LogP contribution < -0.4 is 5.73 Å². The van der Waals surface area contributed by atoms with Crippen LogP contribution in [0.25, 0.3) is 0 Å². The average Bonchev–Trinajstić information content (AvgIpc) is 2.34. The molecule has 0 radical (unpaired) electrons. The second-order valence-electron chi connectivity index (χ2n) is 3.72. The van der Waals surface area contributed by atoms with Crippen LogP contribution in [0.4, 0.5) is 0 Å². The van der Waals surface area contributed by atoms with Gasteiger partial charge < -0.3 is 5.73 Å². The highest BCUT2D eigenvalue weighted by Gasteiger charge is 2.03. The van der Waals surface area contributed by atoms with Crippen molar-refractivity contribution >= 4 is 27.7 Å². The Labute approximate surface area is 115 Å². The van der Waals surface area contributed by atoms with Crippen molar-refractivity contribution in [3.63, 3.8) is 0 Å². The third-order valence-electron chi connectivity index (χ3n) is 2.40. The van der Waals surface area contributed by atoms with Crippen molar-refractivity contribution in [3.05, 3.63) is 58.6 Å². The van der Waals surface area contributed by atoms with Crippen LogP contribution in [0.1, 0.15) is 5.56 Å². The summed E-state index contributed by atoms with van der Waals surface area (Å²) in [5, 5.41) is 0. The van der Waals surface area contributed by atoms with Crippen molar-refractivity contribution in [2.24, 2.45) is 5.73 Å². The Hall–Kier alpha value is -0.770. The third-order valence-corrected chi connectivity index (χ3v) is 4.40. The topological polar surface area (TPSA) is 26.0 Å². The molecule has 0 saturated carbocycles. The van der Waals surface area contributed by atoms with Gasteiger partial charge in [0, 0.05) is 14.3 Å². The minimum absolute atomic E-state index is 0.692. The molecule has 0 heterocycles. The zero-order chi connectivity index (χ0) is 12.1. The Kier molecular flexibility index (Phi) is 4.66. The summed E-state index contributed by atoms with van der Waals surface area (Å²) in [4.78, 5) is 2.48. The molecule has 0 saturated heterocycles. The minimum atomic E-state index is 0.692. The third kappa shape index (κ3) is 3.60. The fourth-order valence-electron chi connectivity index (χ4n) is 1.56. The summed E-state index contributed by atoms with van der Waals surface area (Å²) in [5.41, 5.74) is 6.83. The van der Waals surface area contributed by atoms with E-state index in [-0.39, 0.29) is 0 Å². The molecule has 0 amide bonds. The first kappa shape index (κ1) is 12.7. The lowest BCUT2D eigenvalue weighted by molar-refractivity contribution is 0.965. The summed E-state index contributed by atoms with van der Waals surface area (Å²) in [6.07, 6.45) is 0.925. The molecule has 0 aliphatic heterocycles. The summed E-state index contributed by atoms with van der Waals surface area (Å²) in [7, 11) is 0. The quantitative estimate of drug-likeness (QED) is 0.920. The van der Waals surface area contributed by atoms with E-state index in [0.717, 1.165) is 10.9 Å². The fraction of sp³-hybridized carbons (Fsp3) is 0.143. The van der Waals surface area contributed by atoms with Crippen LogP contribution in [-0.4, -0.2) is 6.54 Å². The molecular weight excluding hydrogens is 294 g/mol. The molecule has 0 bridgehead atoms. The highest BCUT2D eigenvalue weighted by Crippen LogP contribution is 2.33. The van der Waals surface area contributed by atoms with E-state index in [1.807, 2.05) is 6.07 Å². The molecule has 0 aliphatic rings. The molecule has 0 aliphatic carbocycles. The van der Waals surface area contributed by atoms with Crippen molar-refractivity contribution in [1.29, 1.82) is 0 Å². The van der Waals surface area contributed by atoms with E-state index in [9.17, 15) is 0 Å². The second kappa shape index (κ2) is 6.24. The van der Waals surface area contributed by atoms with E-state index >= 15 is 0 Å². The van der Waals surface area contributed by atoms with E-state index in [1.165, 1.54) is 15.4 Å². The summed E-state index contributed by atoms with van der Waals surface area (Å²) in [6, 6.07) is 16.8. The van der Waals surface area contributed by atoms with Crippen LogP contribution >= 0.6 is 27.7 Å². The van der Waals surface area contributed by atoms with Crippen LogP contribution in [0.15, 0.2) is 62.8 Å². The van der Waals surface area contributed by atoms with Gasteiger partial charge in [0.25, 0.3) is 0 Å².